The first-order valence-electron chi connectivity index (χ1n) is 6.08. The summed E-state index contributed by atoms with van der Waals surface area (Å²) in [6.07, 6.45) is 1.21. The van der Waals surface area contributed by atoms with E-state index in [1.807, 2.05) is 0 Å². The minimum absolute atomic E-state index is 0.188. The van der Waals surface area contributed by atoms with E-state index in [4.69, 9.17) is 5.11 Å². The Morgan fingerprint density at radius 3 is 2.59 bits per heavy atom. The number of carboxylic acids is 1. The number of anilines is 1. The molecule has 94 valence electrons. The fraction of sp³-hybridized carbons (Fsp3) is 0.500. The van der Waals surface area contributed by atoms with Crippen LogP contribution in [-0.4, -0.2) is 24.2 Å². The van der Waals surface area contributed by atoms with Gasteiger partial charge in [0.25, 0.3) is 0 Å². The van der Waals surface area contributed by atoms with Crippen LogP contribution in [0.2, 0.25) is 0 Å². The number of carboxylic acid groups (broad SMARTS) is 1. The number of hydrogen-bond donors (Lipinski definition) is 1. The summed E-state index contributed by atoms with van der Waals surface area (Å²) >= 11 is 0. The molecule has 0 saturated carbocycles. The molecule has 0 aliphatic carbocycles. The van der Waals surface area contributed by atoms with Crippen LogP contribution in [-0.2, 0) is 4.79 Å². The van der Waals surface area contributed by atoms with Crippen molar-refractivity contribution in [3.05, 3.63) is 29.3 Å². The zero-order chi connectivity index (χ0) is 12.8. The van der Waals surface area contributed by atoms with Crippen molar-refractivity contribution in [2.45, 2.75) is 33.6 Å². The van der Waals surface area contributed by atoms with Crippen LogP contribution in [0.15, 0.2) is 18.2 Å². The lowest BCUT2D eigenvalue weighted by Crippen LogP contribution is -2.27. The van der Waals surface area contributed by atoms with E-state index in [0.29, 0.717) is 6.54 Å². The number of rotatable bonds is 6. The molecule has 3 nitrogen and oxygen atoms in total. The highest BCUT2D eigenvalue weighted by Crippen LogP contribution is 2.22. The van der Waals surface area contributed by atoms with Gasteiger partial charge < -0.3 is 10.0 Å². The van der Waals surface area contributed by atoms with Gasteiger partial charge in [0.1, 0.15) is 0 Å². The standard InChI is InChI=1S/C14H21NO2/c1-4-8-15(9-7-14(16)17)13-10-11(2)5-6-12(13)3/h5-6,10H,4,7-9H2,1-3H3,(H,16,17). The van der Waals surface area contributed by atoms with Crippen LogP contribution in [0.1, 0.15) is 30.9 Å². The van der Waals surface area contributed by atoms with Gasteiger partial charge in [0.15, 0.2) is 0 Å². The molecule has 0 radical (unpaired) electrons. The maximum absolute atomic E-state index is 10.7. The van der Waals surface area contributed by atoms with Gasteiger partial charge in [-0.15, -0.1) is 0 Å². The zero-order valence-corrected chi connectivity index (χ0v) is 10.9. The monoisotopic (exact) mass is 235 g/mol. The topological polar surface area (TPSA) is 40.5 Å². The van der Waals surface area contributed by atoms with Crippen molar-refractivity contribution in [1.82, 2.24) is 0 Å². The zero-order valence-electron chi connectivity index (χ0n) is 10.9. The van der Waals surface area contributed by atoms with E-state index in [1.54, 1.807) is 0 Å². The molecule has 0 heterocycles. The van der Waals surface area contributed by atoms with Crippen LogP contribution in [0.5, 0.6) is 0 Å². The van der Waals surface area contributed by atoms with E-state index in [-0.39, 0.29) is 6.42 Å². The van der Waals surface area contributed by atoms with E-state index in [2.05, 4.69) is 43.9 Å². The number of aliphatic carboxylic acids is 1. The van der Waals surface area contributed by atoms with E-state index in [9.17, 15) is 4.79 Å². The highest BCUT2D eigenvalue weighted by atomic mass is 16.4. The fourth-order valence-electron chi connectivity index (χ4n) is 1.91. The number of benzene rings is 1. The van der Waals surface area contributed by atoms with Crippen molar-refractivity contribution in [2.24, 2.45) is 0 Å². The molecule has 1 aromatic rings. The third kappa shape index (κ3) is 4.10. The third-order valence-corrected chi connectivity index (χ3v) is 2.79. The molecule has 0 unspecified atom stereocenters. The van der Waals surface area contributed by atoms with Crippen molar-refractivity contribution >= 4 is 11.7 Å². The average Bonchev–Trinajstić information content (AvgIpc) is 2.27. The smallest absolute Gasteiger partial charge is 0.305 e. The van der Waals surface area contributed by atoms with Gasteiger partial charge in [0.2, 0.25) is 0 Å². The van der Waals surface area contributed by atoms with Gasteiger partial charge in [-0.3, -0.25) is 4.79 Å². The second kappa shape index (κ2) is 6.28. The molecule has 0 amide bonds. The fourth-order valence-corrected chi connectivity index (χ4v) is 1.91. The van der Waals surface area contributed by atoms with Gasteiger partial charge in [-0.05, 0) is 37.5 Å². The van der Waals surface area contributed by atoms with E-state index in [1.165, 1.54) is 11.1 Å². The molecule has 0 aromatic heterocycles. The lowest BCUT2D eigenvalue weighted by molar-refractivity contribution is -0.136. The first-order valence-corrected chi connectivity index (χ1v) is 6.08. The van der Waals surface area contributed by atoms with E-state index >= 15 is 0 Å². The number of nitrogens with zero attached hydrogens (tertiary/aromatic N) is 1. The summed E-state index contributed by atoms with van der Waals surface area (Å²) in [5.74, 6) is -0.739. The molecule has 0 atom stereocenters. The van der Waals surface area contributed by atoms with E-state index < -0.39 is 5.97 Å². The van der Waals surface area contributed by atoms with Crippen LogP contribution in [0.3, 0.4) is 0 Å². The molecule has 0 spiro atoms. The highest BCUT2D eigenvalue weighted by Gasteiger charge is 2.10. The van der Waals surface area contributed by atoms with Crippen LogP contribution >= 0.6 is 0 Å². The van der Waals surface area contributed by atoms with Crippen molar-refractivity contribution in [3.8, 4) is 0 Å². The third-order valence-electron chi connectivity index (χ3n) is 2.79. The van der Waals surface area contributed by atoms with E-state index in [0.717, 1.165) is 18.7 Å². The van der Waals surface area contributed by atoms with Gasteiger partial charge in [-0.1, -0.05) is 19.1 Å². The first-order chi connectivity index (χ1) is 8.04. The molecule has 0 saturated heterocycles. The van der Waals surface area contributed by atoms with Crippen LogP contribution in [0.4, 0.5) is 5.69 Å². The Balaban J connectivity index is 2.87. The summed E-state index contributed by atoms with van der Waals surface area (Å²) in [6.45, 7) is 7.71. The van der Waals surface area contributed by atoms with Crippen molar-refractivity contribution in [3.63, 3.8) is 0 Å². The van der Waals surface area contributed by atoms with Gasteiger partial charge in [-0.25, -0.2) is 0 Å². The molecule has 0 bridgehead atoms. The maximum atomic E-state index is 10.7. The molecular formula is C14H21NO2. The molecule has 1 aromatic carbocycles. The second-order valence-corrected chi connectivity index (χ2v) is 4.42. The Morgan fingerprint density at radius 2 is 2.00 bits per heavy atom. The van der Waals surface area contributed by atoms with Crippen LogP contribution in [0.25, 0.3) is 0 Å². The number of carbonyl (C=O) groups is 1. The molecule has 0 aliphatic rings. The van der Waals surface area contributed by atoms with Crippen molar-refractivity contribution in [2.75, 3.05) is 18.0 Å². The predicted octanol–water partition coefficient (Wildman–Crippen LogP) is 2.99. The largest absolute Gasteiger partial charge is 0.481 e. The normalized spacial score (nSPS) is 10.3. The number of aryl methyl sites for hydroxylation is 2. The summed E-state index contributed by atoms with van der Waals surface area (Å²) < 4.78 is 0. The summed E-state index contributed by atoms with van der Waals surface area (Å²) in [5, 5.41) is 8.77. The Kier molecular flexibility index (Phi) is 5.01. The summed E-state index contributed by atoms with van der Waals surface area (Å²) in [7, 11) is 0. The Bertz CT molecular complexity index is 388. The van der Waals surface area contributed by atoms with Crippen LogP contribution < -0.4 is 4.90 Å². The lowest BCUT2D eigenvalue weighted by Gasteiger charge is -2.25. The lowest BCUT2D eigenvalue weighted by atomic mass is 10.1. The van der Waals surface area contributed by atoms with Crippen LogP contribution in [0, 0.1) is 13.8 Å². The Morgan fingerprint density at radius 1 is 1.29 bits per heavy atom. The second-order valence-electron chi connectivity index (χ2n) is 4.42. The molecular weight excluding hydrogens is 214 g/mol. The first kappa shape index (κ1) is 13.6. The number of hydrogen-bond acceptors (Lipinski definition) is 2. The molecule has 0 aliphatic heterocycles. The summed E-state index contributed by atoms with van der Waals surface area (Å²) in [5.41, 5.74) is 3.57. The van der Waals surface area contributed by atoms with Gasteiger partial charge >= 0.3 is 5.97 Å². The summed E-state index contributed by atoms with van der Waals surface area (Å²) in [4.78, 5) is 12.8. The van der Waals surface area contributed by atoms with Gasteiger partial charge in [-0.2, -0.15) is 0 Å². The minimum Gasteiger partial charge on any atom is -0.481 e. The van der Waals surface area contributed by atoms with Crippen molar-refractivity contribution < 1.29 is 9.90 Å². The SMILES string of the molecule is CCCN(CCC(=O)O)c1cc(C)ccc1C. The molecule has 1 N–H and O–H groups in total. The molecule has 17 heavy (non-hydrogen) atoms. The molecule has 1 rings (SSSR count). The van der Waals surface area contributed by atoms with Gasteiger partial charge in [0.05, 0.1) is 6.42 Å². The Hall–Kier alpha value is -1.51. The summed E-state index contributed by atoms with van der Waals surface area (Å²) in [6, 6.07) is 6.31. The maximum Gasteiger partial charge on any atom is 0.305 e. The Labute approximate surface area is 103 Å². The molecule has 0 fully saturated rings. The highest BCUT2D eigenvalue weighted by molar-refractivity contribution is 5.68. The van der Waals surface area contributed by atoms with Gasteiger partial charge in [0, 0.05) is 18.8 Å². The molecule has 3 heteroatoms. The minimum atomic E-state index is -0.739. The van der Waals surface area contributed by atoms with Crippen molar-refractivity contribution in [1.29, 1.82) is 0 Å². The average molecular weight is 235 g/mol. The predicted molar refractivity (Wildman–Crippen MR) is 70.7 cm³/mol. The quantitative estimate of drug-likeness (QED) is 0.824.